The van der Waals surface area contributed by atoms with Gasteiger partial charge in [0, 0.05) is 17.8 Å². The quantitative estimate of drug-likeness (QED) is 0.374. The van der Waals surface area contributed by atoms with Crippen LogP contribution in [0.5, 0.6) is 0 Å². The van der Waals surface area contributed by atoms with E-state index in [0.29, 0.717) is 42.4 Å². The molecule has 2 aromatic heterocycles. The first kappa shape index (κ1) is 27.4. The SMILES string of the molecule is Bc1cc(C2(O)CCCC2)cc(F)c1-c1nc(C(=O)Nc2cnccc2[C@H]2C[C@@H](N)[C@H](O)[C@@H](C)C2)ccc1F. The maximum atomic E-state index is 15.4. The fourth-order valence-corrected chi connectivity index (χ4v) is 6.19. The molecule has 5 rings (SSSR count). The number of nitrogens with zero attached hydrogens (tertiary/aromatic N) is 2. The highest BCUT2D eigenvalue weighted by Crippen LogP contribution is 2.40. The van der Waals surface area contributed by atoms with E-state index in [1.807, 2.05) is 13.0 Å². The average Bonchev–Trinajstić information content (AvgIpc) is 3.35. The predicted octanol–water partition coefficient (Wildman–Crippen LogP) is 2.90. The Labute approximate surface area is 227 Å². The molecule has 2 heterocycles. The van der Waals surface area contributed by atoms with Crippen LogP contribution in [0, 0.1) is 17.6 Å². The van der Waals surface area contributed by atoms with Crippen molar-refractivity contribution in [2.45, 2.75) is 69.1 Å². The van der Waals surface area contributed by atoms with Crippen molar-refractivity contribution in [3.05, 3.63) is 71.2 Å². The summed E-state index contributed by atoms with van der Waals surface area (Å²) in [6.07, 6.45) is 6.67. The monoisotopic (exact) mass is 534 g/mol. The van der Waals surface area contributed by atoms with E-state index in [0.717, 1.165) is 24.5 Å². The minimum Gasteiger partial charge on any atom is -0.391 e. The van der Waals surface area contributed by atoms with Gasteiger partial charge in [0.1, 0.15) is 30.9 Å². The number of nitrogens with one attached hydrogen (secondary N) is 1. The second-order valence-electron chi connectivity index (χ2n) is 11.1. The Bertz CT molecular complexity index is 1360. The highest BCUT2D eigenvalue weighted by Gasteiger charge is 2.35. The number of hydrogen-bond donors (Lipinski definition) is 4. The van der Waals surface area contributed by atoms with Crippen molar-refractivity contribution in [3.8, 4) is 11.3 Å². The van der Waals surface area contributed by atoms with Gasteiger partial charge in [-0.15, -0.1) is 0 Å². The third-order valence-corrected chi connectivity index (χ3v) is 8.35. The lowest BCUT2D eigenvalue weighted by Crippen LogP contribution is -2.44. The standard InChI is InChI=1S/C29H33BF2N4O3/c1-15-10-16(11-22(33)27(15)37)18-6-9-34-14-24(18)36-28(38)23-5-4-20(31)26(35-23)25-19(30)12-17(13-21(25)32)29(39)7-2-3-8-29/h4-6,9,12-16,22,27,37,39H,2-3,7-8,10-11,30,33H2,1H3,(H,36,38)/t15-,16+,22+,27+/m0/s1. The number of aromatic nitrogens is 2. The number of aliphatic hydroxyl groups excluding tert-OH is 1. The molecule has 1 aromatic carbocycles. The minimum absolute atomic E-state index is 0.00399. The molecule has 204 valence electrons. The van der Waals surface area contributed by atoms with Crippen molar-refractivity contribution < 1.29 is 23.8 Å². The molecule has 2 saturated carbocycles. The third kappa shape index (κ3) is 5.33. The minimum atomic E-state index is -1.09. The summed E-state index contributed by atoms with van der Waals surface area (Å²) >= 11 is 0. The molecular formula is C29H33BF2N4O3. The highest BCUT2D eigenvalue weighted by atomic mass is 19.1. The molecule has 0 aliphatic heterocycles. The van der Waals surface area contributed by atoms with Crippen LogP contribution in [0.4, 0.5) is 14.5 Å². The summed E-state index contributed by atoms with van der Waals surface area (Å²) in [7, 11) is 1.64. The Kier molecular flexibility index (Phi) is 7.54. The van der Waals surface area contributed by atoms with Crippen molar-refractivity contribution in [2.24, 2.45) is 11.7 Å². The van der Waals surface area contributed by atoms with Gasteiger partial charge in [0.15, 0.2) is 0 Å². The van der Waals surface area contributed by atoms with Gasteiger partial charge in [-0.3, -0.25) is 9.78 Å². The van der Waals surface area contributed by atoms with Crippen molar-refractivity contribution in [1.82, 2.24) is 9.97 Å². The van der Waals surface area contributed by atoms with Crippen LogP contribution < -0.4 is 16.5 Å². The van der Waals surface area contributed by atoms with Crippen molar-refractivity contribution >= 4 is 24.9 Å². The Hall–Kier alpha value is -3.21. The molecule has 4 atom stereocenters. The van der Waals surface area contributed by atoms with Gasteiger partial charge in [0.2, 0.25) is 0 Å². The van der Waals surface area contributed by atoms with Crippen LogP contribution in [0.3, 0.4) is 0 Å². The molecule has 0 radical (unpaired) electrons. The molecule has 5 N–H and O–H groups in total. The number of halogens is 2. The largest absolute Gasteiger partial charge is 0.391 e. The van der Waals surface area contributed by atoms with E-state index in [1.165, 1.54) is 18.3 Å². The van der Waals surface area contributed by atoms with E-state index in [2.05, 4.69) is 15.3 Å². The van der Waals surface area contributed by atoms with E-state index in [9.17, 15) is 19.4 Å². The van der Waals surface area contributed by atoms with E-state index >= 15 is 4.39 Å². The predicted molar refractivity (Wildman–Crippen MR) is 147 cm³/mol. The highest BCUT2D eigenvalue weighted by molar-refractivity contribution is 6.36. The molecule has 39 heavy (non-hydrogen) atoms. The lowest BCUT2D eigenvalue weighted by Gasteiger charge is -2.36. The maximum absolute atomic E-state index is 15.4. The van der Waals surface area contributed by atoms with Crippen LogP contribution in [0.25, 0.3) is 11.3 Å². The summed E-state index contributed by atoms with van der Waals surface area (Å²) in [5.41, 5.74) is 6.90. The van der Waals surface area contributed by atoms with E-state index in [4.69, 9.17) is 5.73 Å². The summed E-state index contributed by atoms with van der Waals surface area (Å²) in [6, 6.07) is 6.71. The van der Waals surface area contributed by atoms with Crippen LogP contribution >= 0.6 is 0 Å². The molecular weight excluding hydrogens is 501 g/mol. The summed E-state index contributed by atoms with van der Waals surface area (Å²) in [5, 5.41) is 24.0. The van der Waals surface area contributed by atoms with Crippen LogP contribution in [0.15, 0.2) is 42.7 Å². The number of benzene rings is 1. The van der Waals surface area contributed by atoms with Gasteiger partial charge in [0.25, 0.3) is 5.91 Å². The van der Waals surface area contributed by atoms with Gasteiger partial charge < -0.3 is 21.3 Å². The first-order valence-electron chi connectivity index (χ1n) is 13.5. The van der Waals surface area contributed by atoms with Crippen LogP contribution in [-0.4, -0.2) is 46.1 Å². The van der Waals surface area contributed by atoms with E-state index in [-0.39, 0.29) is 34.8 Å². The van der Waals surface area contributed by atoms with Gasteiger partial charge in [-0.05, 0) is 72.9 Å². The van der Waals surface area contributed by atoms with Crippen LogP contribution in [-0.2, 0) is 5.60 Å². The molecule has 2 aliphatic rings. The molecule has 0 unspecified atom stereocenters. The Balaban J connectivity index is 1.43. The number of aliphatic hydroxyl groups is 2. The summed E-state index contributed by atoms with van der Waals surface area (Å²) in [5.74, 6) is -2.04. The van der Waals surface area contributed by atoms with Gasteiger partial charge >= 0.3 is 0 Å². The van der Waals surface area contributed by atoms with Crippen LogP contribution in [0.1, 0.15) is 73.0 Å². The molecule has 0 bridgehead atoms. The summed E-state index contributed by atoms with van der Waals surface area (Å²) < 4.78 is 30.3. The maximum Gasteiger partial charge on any atom is 0.274 e. The number of anilines is 1. The zero-order valence-corrected chi connectivity index (χ0v) is 22.1. The number of rotatable bonds is 5. The van der Waals surface area contributed by atoms with Gasteiger partial charge in [0.05, 0.1) is 23.6 Å². The Morgan fingerprint density at radius 1 is 1.15 bits per heavy atom. The smallest absolute Gasteiger partial charge is 0.274 e. The zero-order chi connectivity index (χ0) is 27.9. The molecule has 2 fully saturated rings. The van der Waals surface area contributed by atoms with E-state index in [1.54, 1.807) is 20.1 Å². The Morgan fingerprint density at radius 2 is 1.90 bits per heavy atom. The number of carbonyl (C=O) groups is 1. The number of carbonyl (C=O) groups excluding carboxylic acids is 1. The number of amides is 1. The second kappa shape index (κ2) is 10.8. The molecule has 10 heteroatoms. The Morgan fingerprint density at radius 3 is 2.59 bits per heavy atom. The molecule has 0 spiro atoms. The lowest BCUT2D eigenvalue weighted by molar-refractivity contribution is 0.0442. The fourth-order valence-electron chi connectivity index (χ4n) is 6.19. The van der Waals surface area contributed by atoms with Gasteiger partial charge in [-0.2, -0.15) is 0 Å². The lowest BCUT2D eigenvalue weighted by atomic mass is 9.74. The van der Waals surface area contributed by atoms with Gasteiger partial charge in [-0.1, -0.05) is 31.3 Å². The normalized spacial score (nSPS) is 24.5. The number of pyridine rings is 2. The third-order valence-electron chi connectivity index (χ3n) is 8.35. The first-order chi connectivity index (χ1) is 18.6. The molecule has 7 nitrogen and oxygen atoms in total. The fraction of sp³-hybridized carbons (Fsp3) is 0.414. The molecule has 0 saturated heterocycles. The van der Waals surface area contributed by atoms with Crippen LogP contribution in [0.2, 0.25) is 0 Å². The number of nitrogens with two attached hydrogens (primary N) is 1. The molecule has 2 aliphatic carbocycles. The van der Waals surface area contributed by atoms with Crippen molar-refractivity contribution in [3.63, 3.8) is 0 Å². The average molecular weight is 534 g/mol. The summed E-state index contributed by atoms with van der Waals surface area (Å²) in [6.45, 7) is 1.95. The molecule has 1 amide bonds. The number of hydrogen-bond acceptors (Lipinski definition) is 6. The first-order valence-corrected chi connectivity index (χ1v) is 13.5. The van der Waals surface area contributed by atoms with E-state index < -0.39 is 29.2 Å². The molecule has 3 aromatic rings. The van der Waals surface area contributed by atoms with Gasteiger partial charge in [-0.25, -0.2) is 13.8 Å². The zero-order valence-electron chi connectivity index (χ0n) is 22.1. The van der Waals surface area contributed by atoms with Crippen molar-refractivity contribution in [1.29, 1.82) is 0 Å². The topological polar surface area (TPSA) is 121 Å². The second-order valence-corrected chi connectivity index (χ2v) is 11.1. The van der Waals surface area contributed by atoms with Crippen molar-refractivity contribution in [2.75, 3.05) is 5.32 Å². The summed E-state index contributed by atoms with van der Waals surface area (Å²) in [4.78, 5) is 21.6.